The molecule has 3 aromatic rings. The zero-order valence-corrected chi connectivity index (χ0v) is 15.3. The lowest BCUT2D eigenvalue weighted by molar-refractivity contribution is -0.130. The third-order valence-electron chi connectivity index (χ3n) is 4.09. The average Bonchev–Trinajstić information content (AvgIpc) is 3.25. The van der Waals surface area contributed by atoms with Crippen molar-refractivity contribution < 1.29 is 14.3 Å². The van der Waals surface area contributed by atoms with Crippen LogP contribution >= 0.6 is 0 Å². The second kappa shape index (κ2) is 7.95. The first kappa shape index (κ1) is 17.8. The number of ether oxygens (including phenoxy) is 2. The van der Waals surface area contributed by atoms with Gasteiger partial charge in [0.05, 0.1) is 0 Å². The quantitative estimate of drug-likeness (QED) is 0.622. The number of hydrogen-bond donors (Lipinski definition) is 2. The van der Waals surface area contributed by atoms with E-state index in [1.54, 1.807) is 23.0 Å². The number of anilines is 1. The summed E-state index contributed by atoms with van der Waals surface area (Å²) in [5.74, 6) is 2.99. The van der Waals surface area contributed by atoms with Gasteiger partial charge in [0.15, 0.2) is 17.3 Å². The summed E-state index contributed by atoms with van der Waals surface area (Å²) in [4.78, 5) is 21.0. The Morgan fingerprint density at radius 1 is 1.21 bits per heavy atom. The van der Waals surface area contributed by atoms with Gasteiger partial charge in [0.1, 0.15) is 18.2 Å². The monoisotopic (exact) mass is 380 g/mol. The van der Waals surface area contributed by atoms with Gasteiger partial charge in [-0.1, -0.05) is 12.1 Å². The first-order valence-electron chi connectivity index (χ1n) is 8.95. The van der Waals surface area contributed by atoms with Gasteiger partial charge in [0.25, 0.3) is 5.91 Å². The minimum Gasteiger partial charge on any atom is -0.485 e. The molecule has 0 radical (unpaired) electrons. The van der Waals surface area contributed by atoms with Gasteiger partial charge in [-0.25, -0.2) is 14.6 Å². The number of amides is 1. The first-order valence-corrected chi connectivity index (χ1v) is 8.95. The second-order valence-electron chi connectivity index (χ2n) is 6.19. The molecule has 9 heteroatoms. The Labute approximate surface area is 161 Å². The molecular weight excluding hydrogens is 360 g/mol. The van der Waals surface area contributed by atoms with Crippen molar-refractivity contribution >= 4 is 11.7 Å². The summed E-state index contributed by atoms with van der Waals surface area (Å²) >= 11 is 0. The lowest BCUT2D eigenvalue weighted by Crippen LogP contribution is -2.45. The molecule has 0 bridgehead atoms. The summed E-state index contributed by atoms with van der Waals surface area (Å²) in [6.07, 6.45) is 2.84. The number of nitrogens with one attached hydrogen (secondary N) is 2. The van der Waals surface area contributed by atoms with Crippen LogP contribution in [0.2, 0.25) is 0 Å². The van der Waals surface area contributed by atoms with Gasteiger partial charge in [-0.05, 0) is 25.1 Å². The highest BCUT2D eigenvalue weighted by molar-refractivity contribution is 5.81. The van der Waals surface area contributed by atoms with E-state index in [4.69, 9.17) is 9.47 Å². The SMILES string of the molecule is Cc1nc(NCCNC(=O)[C@@H]2COc3ccccc3O2)cc(-n2cccn2)n1. The summed E-state index contributed by atoms with van der Waals surface area (Å²) in [6.45, 7) is 2.93. The molecule has 28 heavy (non-hydrogen) atoms. The van der Waals surface area contributed by atoms with E-state index in [-0.39, 0.29) is 12.5 Å². The van der Waals surface area contributed by atoms with Crippen molar-refractivity contribution in [3.8, 4) is 17.3 Å². The molecule has 0 spiro atoms. The average molecular weight is 380 g/mol. The van der Waals surface area contributed by atoms with Crippen molar-refractivity contribution in [3.05, 3.63) is 54.6 Å². The number of nitrogens with zero attached hydrogens (tertiary/aromatic N) is 4. The van der Waals surface area contributed by atoms with E-state index in [2.05, 4.69) is 25.7 Å². The molecule has 0 fully saturated rings. The Bertz CT molecular complexity index is 960. The smallest absolute Gasteiger partial charge is 0.264 e. The van der Waals surface area contributed by atoms with Gasteiger partial charge in [-0.3, -0.25) is 4.79 Å². The van der Waals surface area contributed by atoms with Gasteiger partial charge in [0.2, 0.25) is 6.10 Å². The maximum Gasteiger partial charge on any atom is 0.264 e. The van der Waals surface area contributed by atoms with E-state index >= 15 is 0 Å². The highest BCUT2D eigenvalue weighted by atomic mass is 16.6. The molecule has 4 rings (SSSR count). The number of rotatable bonds is 6. The number of hydrogen-bond acceptors (Lipinski definition) is 7. The minimum absolute atomic E-state index is 0.189. The minimum atomic E-state index is -0.664. The Hall–Kier alpha value is -3.62. The van der Waals surface area contributed by atoms with Crippen molar-refractivity contribution in [2.24, 2.45) is 0 Å². The van der Waals surface area contributed by atoms with E-state index in [0.29, 0.717) is 42.0 Å². The molecule has 9 nitrogen and oxygen atoms in total. The Morgan fingerprint density at radius 3 is 2.89 bits per heavy atom. The van der Waals surface area contributed by atoms with Crippen LogP contribution in [0.3, 0.4) is 0 Å². The molecule has 0 aliphatic carbocycles. The van der Waals surface area contributed by atoms with Crippen LogP contribution in [0.4, 0.5) is 5.82 Å². The Morgan fingerprint density at radius 2 is 2.07 bits per heavy atom. The van der Waals surface area contributed by atoms with Crippen LogP contribution in [0.25, 0.3) is 5.82 Å². The van der Waals surface area contributed by atoms with E-state index in [1.807, 2.05) is 37.4 Å². The number of fused-ring (bicyclic) bond motifs is 1. The molecule has 1 aliphatic heterocycles. The number of carbonyl (C=O) groups excluding carboxylic acids is 1. The third-order valence-corrected chi connectivity index (χ3v) is 4.09. The zero-order valence-electron chi connectivity index (χ0n) is 15.3. The Balaban J connectivity index is 1.28. The van der Waals surface area contributed by atoms with Crippen molar-refractivity contribution in [1.82, 2.24) is 25.1 Å². The number of para-hydroxylation sites is 2. The molecule has 0 saturated carbocycles. The number of aryl methyl sites for hydroxylation is 1. The molecule has 3 heterocycles. The van der Waals surface area contributed by atoms with Crippen LogP contribution in [-0.2, 0) is 4.79 Å². The van der Waals surface area contributed by atoms with Crippen LogP contribution < -0.4 is 20.1 Å². The second-order valence-corrected chi connectivity index (χ2v) is 6.19. The van der Waals surface area contributed by atoms with Gasteiger partial charge < -0.3 is 20.1 Å². The largest absolute Gasteiger partial charge is 0.485 e. The molecule has 144 valence electrons. The van der Waals surface area contributed by atoms with Crippen LogP contribution in [0.5, 0.6) is 11.5 Å². The molecule has 1 amide bonds. The fourth-order valence-electron chi connectivity index (χ4n) is 2.80. The predicted octanol–water partition coefficient (Wildman–Crippen LogP) is 1.34. The standard InChI is InChI=1S/C19H20N6O3/c1-13-23-17(11-18(24-13)25-10-4-7-22-25)20-8-9-21-19(26)16-12-27-14-5-2-3-6-15(14)28-16/h2-7,10-11,16H,8-9,12H2,1H3,(H,21,26)(H,20,23,24)/t16-/m0/s1. The molecule has 2 N–H and O–H groups in total. The zero-order chi connectivity index (χ0) is 19.3. The van der Waals surface area contributed by atoms with E-state index in [1.165, 1.54) is 0 Å². The van der Waals surface area contributed by atoms with Crippen molar-refractivity contribution in [2.75, 3.05) is 25.0 Å². The number of aromatic nitrogens is 4. The van der Waals surface area contributed by atoms with E-state index < -0.39 is 6.10 Å². The van der Waals surface area contributed by atoms with Crippen molar-refractivity contribution in [1.29, 1.82) is 0 Å². The van der Waals surface area contributed by atoms with Gasteiger partial charge in [0, 0.05) is 31.5 Å². The van der Waals surface area contributed by atoms with Crippen LogP contribution in [0, 0.1) is 6.92 Å². The van der Waals surface area contributed by atoms with Crippen LogP contribution in [0.1, 0.15) is 5.82 Å². The summed E-state index contributed by atoms with van der Waals surface area (Å²) in [5, 5.41) is 10.2. The summed E-state index contributed by atoms with van der Waals surface area (Å²) < 4.78 is 12.9. The van der Waals surface area contributed by atoms with E-state index in [9.17, 15) is 4.79 Å². The maximum atomic E-state index is 12.3. The first-order chi connectivity index (χ1) is 13.7. The third kappa shape index (κ3) is 4.03. The molecule has 2 aromatic heterocycles. The number of benzene rings is 1. The molecule has 1 aromatic carbocycles. The highest BCUT2D eigenvalue weighted by Gasteiger charge is 2.26. The molecule has 0 saturated heterocycles. The Kier molecular flexibility index (Phi) is 5.05. The normalized spacial score (nSPS) is 15.1. The number of carbonyl (C=O) groups is 1. The fourth-order valence-corrected chi connectivity index (χ4v) is 2.80. The van der Waals surface area contributed by atoms with Crippen molar-refractivity contribution in [3.63, 3.8) is 0 Å². The van der Waals surface area contributed by atoms with Crippen LogP contribution in [-0.4, -0.2) is 51.5 Å². The van der Waals surface area contributed by atoms with Gasteiger partial charge >= 0.3 is 0 Å². The van der Waals surface area contributed by atoms with Gasteiger partial charge in [-0.15, -0.1) is 0 Å². The van der Waals surface area contributed by atoms with Crippen molar-refractivity contribution in [2.45, 2.75) is 13.0 Å². The maximum absolute atomic E-state index is 12.3. The summed E-state index contributed by atoms with van der Waals surface area (Å²) in [6, 6.07) is 10.9. The fraction of sp³-hybridized carbons (Fsp3) is 0.263. The summed E-state index contributed by atoms with van der Waals surface area (Å²) in [5.41, 5.74) is 0. The molecular formula is C19H20N6O3. The lowest BCUT2D eigenvalue weighted by Gasteiger charge is -2.25. The topological polar surface area (TPSA) is 103 Å². The molecule has 1 aliphatic rings. The molecule has 1 atom stereocenters. The highest BCUT2D eigenvalue weighted by Crippen LogP contribution is 2.30. The predicted molar refractivity (Wildman–Crippen MR) is 102 cm³/mol. The molecule has 0 unspecified atom stereocenters. The van der Waals surface area contributed by atoms with Gasteiger partial charge in [-0.2, -0.15) is 5.10 Å². The van der Waals surface area contributed by atoms with E-state index in [0.717, 1.165) is 0 Å². The summed E-state index contributed by atoms with van der Waals surface area (Å²) in [7, 11) is 0. The van der Waals surface area contributed by atoms with Crippen LogP contribution in [0.15, 0.2) is 48.8 Å². The lowest BCUT2D eigenvalue weighted by atomic mass is 10.2.